The van der Waals surface area contributed by atoms with E-state index in [1.807, 2.05) is 24.3 Å². The molecule has 1 aliphatic heterocycles. The predicted octanol–water partition coefficient (Wildman–Crippen LogP) is 2.45. The summed E-state index contributed by atoms with van der Waals surface area (Å²) in [6, 6.07) is 7.77. The summed E-state index contributed by atoms with van der Waals surface area (Å²) < 4.78 is -0.160. The summed E-state index contributed by atoms with van der Waals surface area (Å²) in [4.78, 5) is 12.3. The fourth-order valence-electron chi connectivity index (χ4n) is 1.03. The molecule has 2 nitrogen and oxygen atoms in total. The molecule has 0 saturated heterocycles. The Morgan fingerprint density at radius 1 is 1.42 bits per heavy atom. The quantitative estimate of drug-likeness (QED) is 0.710. The summed E-state index contributed by atoms with van der Waals surface area (Å²) in [5, 5.41) is 2.80. The fourth-order valence-corrected chi connectivity index (χ4v) is 2.54. The van der Waals surface area contributed by atoms with Gasteiger partial charge in [0.05, 0.1) is 5.69 Å². The maximum Gasteiger partial charge on any atom is 0.248 e. The summed E-state index contributed by atoms with van der Waals surface area (Å²) in [5.41, 5.74) is 0.906. The zero-order chi connectivity index (χ0) is 8.55. The van der Waals surface area contributed by atoms with Gasteiger partial charge in [0.1, 0.15) is 4.16 Å². The molecule has 4 heteroatoms. The van der Waals surface area contributed by atoms with Crippen LogP contribution < -0.4 is 5.32 Å². The first-order valence-electron chi connectivity index (χ1n) is 3.48. The van der Waals surface area contributed by atoms with Crippen LogP contribution in [0.4, 0.5) is 5.69 Å². The third-order valence-electron chi connectivity index (χ3n) is 1.58. The minimum Gasteiger partial charge on any atom is -0.323 e. The minimum atomic E-state index is -0.160. The van der Waals surface area contributed by atoms with Crippen molar-refractivity contribution in [1.29, 1.82) is 0 Å². The van der Waals surface area contributed by atoms with Gasteiger partial charge < -0.3 is 5.32 Å². The van der Waals surface area contributed by atoms with E-state index >= 15 is 0 Å². The second kappa shape index (κ2) is 3.11. The Bertz CT molecular complexity index is 329. The number of nitrogens with one attached hydrogen (secondary N) is 1. The van der Waals surface area contributed by atoms with Crippen LogP contribution in [0.5, 0.6) is 0 Å². The van der Waals surface area contributed by atoms with Crippen molar-refractivity contribution < 1.29 is 4.79 Å². The zero-order valence-electron chi connectivity index (χ0n) is 6.08. The fraction of sp³-hybridized carbons (Fsp3) is 0.125. The number of alkyl halides is 1. The molecule has 1 aromatic carbocycles. The highest BCUT2D eigenvalue weighted by atomic mass is 79.9. The Kier molecular flexibility index (Phi) is 2.11. The van der Waals surface area contributed by atoms with Crippen molar-refractivity contribution in [3.05, 3.63) is 24.3 Å². The molecule has 0 saturated carbocycles. The van der Waals surface area contributed by atoms with Gasteiger partial charge in [-0.25, -0.2) is 0 Å². The monoisotopic (exact) mass is 243 g/mol. The van der Waals surface area contributed by atoms with Crippen molar-refractivity contribution in [2.45, 2.75) is 9.05 Å². The molecule has 0 aromatic heterocycles. The van der Waals surface area contributed by atoms with Crippen LogP contribution in [-0.2, 0) is 4.79 Å². The van der Waals surface area contributed by atoms with Crippen LogP contribution >= 0.6 is 27.7 Å². The molecule has 1 amide bonds. The van der Waals surface area contributed by atoms with Crippen LogP contribution in [0.2, 0.25) is 0 Å². The first-order valence-corrected chi connectivity index (χ1v) is 5.27. The van der Waals surface area contributed by atoms with Gasteiger partial charge in [0.15, 0.2) is 0 Å². The van der Waals surface area contributed by atoms with Gasteiger partial charge in [-0.3, -0.25) is 4.79 Å². The Labute approximate surface area is 82.9 Å². The Balaban J connectivity index is 2.40. The van der Waals surface area contributed by atoms with Crippen LogP contribution in [0.25, 0.3) is 0 Å². The number of para-hydroxylation sites is 1. The second-order valence-corrected chi connectivity index (χ2v) is 5.09. The third kappa shape index (κ3) is 1.36. The van der Waals surface area contributed by atoms with E-state index in [0.29, 0.717) is 0 Å². The van der Waals surface area contributed by atoms with Crippen molar-refractivity contribution in [2.75, 3.05) is 5.32 Å². The number of amides is 1. The molecule has 1 atom stereocenters. The number of rotatable bonds is 0. The molecule has 62 valence electrons. The van der Waals surface area contributed by atoms with Gasteiger partial charge in [-0.05, 0) is 12.1 Å². The largest absolute Gasteiger partial charge is 0.323 e. The predicted molar refractivity (Wildman–Crippen MR) is 53.6 cm³/mol. The number of carbonyl (C=O) groups is 1. The first-order chi connectivity index (χ1) is 5.77. The molecule has 12 heavy (non-hydrogen) atoms. The van der Waals surface area contributed by atoms with Crippen molar-refractivity contribution in [3.8, 4) is 0 Å². The first kappa shape index (κ1) is 8.13. The normalized spacial score (nSPS) is 21.4. The lowest BCUT2D eigenvalue weighted by molar-refractivity contribution is -0.114. The van der Waals surface area contributed by atoms with Gasteiger partial charge in [-0.15, -0.1) is 0 Å². The van der Waals surface area contributed by atoms with Gasteiger partial charge in [0.25, 0.3) is 0 Å². The van der Waals surface area contributed by atoms with Gasteiger partial charge in [-0.1, -0.05) is 39.8 Å². The van der Waals surface area contributed by atoms with Gasteiger partial charge in [-0.2, -0.15) is 0 Å². The van der Waals surface area contributed by atoms with Crippen molar-refractivity contribution in [3.63, 3.8) is 0 Å². The van der Waals surface area contributed by atoms with Gasteiger partial charge in [0, 0.05) is 4.90 Å². The molecule has 0 aliphatic carbocycles. The highest BCUT2D eigenvalue weighted by Crippen LogP contribution is 2.37. The van der Waals surface area contributed by atoms with Crippen molar-refractivity contribution in [2.24, 2.45) is 0 Å². The molecule has 1 aromatic rings. The van der Waals surface area contributed by atoms with E-state index in [1.165, 1.54) is 11.8 Å². The topological polar surface area (TPSA) is 29.1 Å². The molecular formula is C8H6BrNOS. The van der Waals surface area contributed by atoms with E-state index in [-0.39, 0.29) is 10.1 Å². The number of thioether (sulfide) groups is 1. The summed E-state index contributed by atoms with van der Waals surface area (Å²) >= 11 is 4.80. The number of benzene rings is 1. The minimum absolute atomic E-state index is 0.0127. The Morgan fingerprint density at radius 2 is 2.17 bits per heavy atom. The van der Waals surface area contributed by atoms with E-state index in [2.05, 4.69) is 21.2 Å². The molecule has 0 radical (unpaired) electrons. The number of carbonyl (C=O) groups excluding carboxylic acids is 1. The Morgan fingerprint density at radius 3 is 3.00 bits per heavy atom. The lowest BCUT2D eigenvalue weighted by Gasteiger charge is -2.19. The highest BCUT2D eigenvalue weighted by molar-refractivity contribution is 9.11. The molecule has 2 rings (SSSR count). The highest BCUT2D eigenvalue weighted by Gasteiger charge is 2.23. The molecule has 1 N–H and O–H groups in total. The molecular weight excluding hydrogens is 238 g/mol. The van der Waals surface area contributed by atoms with Crippen molar-refractivity contribution in [1.82, 2.24) is 0 Å². The van der Waals surface area contributed by atoms with E-state index in [9.17, 15) is 4.79 Å². The summed E-state index contributed by atoms with van der Waals surface area (Å²) in [7, 11) is 0. The summed E-state index contributed by atoms with van der Waals surface area (Å²) in [6.45, 7) is 0. The van der Waals surface area contributed by atoms with Gasteiger partial charge >= 0.3 is 0 Å². The van der Waals surface area contributed by atoms with E-state index < -0.39 is 0 Å². The van der Waals surface area contributed by atoms with Crippen LogP contribution in [0.3, 0.4) is 0 Å². The number of fused-ring (bicyclic) bond motifs is 1. The summed E-state index contributed by atoms with van der Waals surface area (Å²) in [6.07, 6.45) is 0. The average Bonchev–Trinajstić information content (AvgIpc) is 2.07. The smallest absolute Gasteiger partial charge is 0.248 e. The summed E-state index contributed by atoms with van der Waals surface area (Å²) in [5.74, 6) is 0.0127. The number of anilines is 1. The second-order valence-electron chi connectivity index (χ2n) is 2.42. The van der Waals surface area contributed by atoms with Crippen molar-refractivity contribution >= 4 is 39.3 Å². The van der Waals surface area contributed by atoms with E-state index in [4.69, 9.17) is 0 Å². The lowest BCUT2D eigenvalue weighted by Crippen LogP contribution is -2.24. The number of hydrogen-bond donors (Lipinski definition) is 1. The Hall–Kier alpha value is -0.480. The number of halogens is 1. The SMILES string of the molecule is O=C1Nc2ccccc2SC1Br. The molecule has 0 spiro atoms. The molecule has 1 aliphatic rings. The van der Waals surface area contributed by atoms with E-state index in [1.54, 1.807) is 0 Å². The molecule has 1 heterocycles. The standard InChI is InChI=1S/C8H6BrNOS/c9-7-8(11)10-5-3-1-2-4-6(5)12-7/h1-4,7H,(H,10,11). The maximum absolute atomic E-state index is 11.2. The third-order valence-corrected chi connectivity index (χ3v) is 3.59. The zero-order valence-corrected chi connectivity index (χ0v) is 8.48. The van der Waals surface area contributed by atoms with Crippen LogP contribution in [-0.4, -0.2) is 10.1 Å². The van der Waals surface area contributed by atoms with Crippen LogP contribution in [0.1, 0.15) is 0 Å². The molecule has 0 bridgehead atoms. The lowest BCUT2D eigenvalue weighted by atomic mass is 10.3. The molecule has 0 fully saturated rings. The maximum atomic E-state index is 11.2. The number of hydrogen-bond acceptors (Lipinski definition) is 2. The molecule has 1 unspecified atom stereocenters. The average molecular weight is 244 g/mol. The van der Waals surface area contributed by atoms with Gasteiger partial charge in [0.2, 0.25) is 5.91 Å². The van der Waals surface area contributed by atoms with Crippen LogP contribution in [0, 0.1) is 0 Å². The van der Waals surface area contributed by atoms with E-state index in [0.717, 1.165) is 10.6 Å². The van der Waals surface area contributed by atoms with Crippen LogP contribution in [0.15, 0.2) is 29.2 Å².